The lowest BCUT2D eigenvalue weighted by Gasteiger charge is -2.37. The van der Waals surface area contributed by atoms with E-state index in [1.165, 1.54) is 6.07 Å². The van der Waals surface area contributed by atoms with Crippen LogP contribution in [0.25, 0.3) is 0 Å². The van der Waals surface area contributed by atoms with Gasteiger partial charge in [-0.1, -0.05) is 12.1 Å². The molecule has 0 spiro atoms. The number of anilines is 1. The number of nitrogens with zero attached hydrogens (tertiary/aromatic N) is 2. The first-order valence-electron chi connectivity index (χ1n) is 10.8. The van der Waals surface area contributed by atoms with E-state index in [2.05, 4.69) is 10.2 Å². The molecule has 1 fully saturated rings. The normalized spacial score (nSPS) is 17.6. The van der Waals surface area contributed by atoms with Gasteiger partial charge in [0.1, 0.15) is 11.4 Å². The molecule has 2 rings (SSSR count). The van der Waals surface area contributed by atoms with Crippen LogP contribution in [-0.2, 0) is 9.53 Å². The number of amides is 2. The number of halogens is 1. The van der Waals surface area contributed by atoms with Crippen LogP contribution in [-0.4, -0.2) is 59.6 Å². The van der Waals surface area contributed by atoms with Gasteiger partial charge < -0.3 is 19.9 Å². The third-order valence-corrected chi connectivity index (χ3v) is 5.11. The second-order valence-electron chi connectivity index (χ2n) is 9.31. The number of hydrogen-bond donors (Lipinski definition) is 1. The van der Waals surface area contributed by atoms with Crippen LogP contribution in [0.4, 0.5) is 14.9 Å². The molecule has 1 atom stereocenters. The lowest BCUT2D eigenvalue weighted by molar-refractivity contribution is -0.116. The molecule has 0 aliphatic carbocycles. The summed E-state index contributed by atoms with van der Waals surface area (Å²) in [6.07, 6.45) is 2.10. The predicted octanol–water partition coefficient (Wildman–Crippen LogP) is 4.51. The lowest BCUT2D eigenvalue weighted by Crippen LogP contribution is -2.47. The van der Waals surface area contributed by atoms with Gasteiger partial charge in [-0.25, -0.2) is 9.18 Å². The first-order valence-corrected chi connectivity index (χ1v) is 10.8. The molecule has 168 valence electrons. The summed E-state index contributed by atoms with van der Waals surface area (Å²) in [6, 6.07) is 6.23. The Hall–Kier alpha value is -2.15. The van der Waals surface area contributed by atoms with Crippen molar-refractivity contribution < 1.29 is 18.7 Å². The Balaban J connectivity index is 1.84. The molecule has 1 N–H and O–H groups in total. The molecule has 1 aromatic rings. The van der Waals surface area contributed by atoms with Gasteiger partial charge in [0.15, 0.2) is 0 Å². The predicted molar refractivity (Wildman–Crippen MR) is 117 cm³/mol. The Kier molecular flexibility index (Phi) is 8.65. The van der Waals surface area contributed by atoms with Crippen LogP contribution < -0.4 is 5.32 Å². The third-order valence-electron chi connectivity index (χ3n) is 5.11. The standard InChI is InChI=1S/C23H36FN3O3/c1-17(2)27(22(29)30-23(3,4)5)16-18-9-8-13-26(15-18)14-12-21(28)25-20-11-7-6-10-19(20)24/h6-7,10-11,17-18H,8-9,12-16H2,1-5H3,(H,25,28). The summed E-state index contributed by atoms with van der Waals surface area (Å²) in [6.45, 7) is 12.6. The van der Waals surface area contributed by atoms with Crippen molar-refractivity contribution in [2.45, 2.75) is 65.5 Å². The zero-order chi connectivity index (χ0) is 22.3. The van der Waals surface area contributed by atoms with Crippen molar-refractivity contribution in [2.24, 2.45) is 5.92 Å². The highest BCUT2D eigenvalue weighted by atomic mass is 19.1. The second kappa shape index (κ2) is 10.8. The summed E-state index contributed by atoms with van der Waals surface area (Å²) in [5.74, 6) is -0.289. The van der Waals surface area contributed by atoms with Crippen LogP contribution in [0.15, 0.2) is 24.3 Å². The molecule has 2 amide bonds. The number of rotatable bonds is 7. The van der Waals surface area contributed by atoms with E-state index < -0.39 is 11.4 Å². The van der Waals surface area contributed by atoms with Crippen LogP contribution in [0.5, 0.6) is 0 Å². The summed E-state index contributed by atoms with van der Waals surface area (Å²) in [4.78, 5) is 28.8. The smallest absolute Gasteiger partial charge is 0.410 e. The van der Waals surface area contributed by atoms with Gasteiger partial charge >= 0.3 is 6.09 Å². The first-order chi connectivity index (χ1) is 14.0. The monoisotopic (exact) mass is 421 g/mol. The Morgan fingerprint density at radius 2 is 2.00 bits per heavy atom. The molecule has 1 heterocycles. The average Bonchev–Trinajstić information content (AvgIpc) is 2.65. The van der Waals surface area contributed by atoms with Crippen molar-refractivity contribution in [3.8, 4) is 0 Å². The molecule has 6 nitrogen and oxygen atoms in total. The van der Waals surface area contributed by atoms with E-state index in [0.29, 0.717) is 25.4 Å². The molecule has 1 saturated heterocycles. The van der Waals surface area contributed by atoms with Gasteiger partial charge in [-0.05, 0) is 72.1 Å². The zero-order valence-corrected chi connectivity index (χ0v) is 18.9. The molecule has 0 aromatic heterocycles. The van der Waals surface area contributed by atoms with E-state index in [4.69, 9.17) is 4.74 Å². The molecular weight excluding hydrogens is 385 g/mol. The van der Waals surface area contributed by atoms with Gasteiger partial charge in [0.05, 0.1) is 5.69 Å². The van der Waals surface area contributed by atoms with Crippen molar-refractivity contribution >= 4 is 17.7 Å². The minimum absolute atomic E-state index is 0.0572. The van der Waals surface area contributed by atoms with Crippen LogP contribution >= 0.6 is 0 Å². The molecule has 1 aromatic carbocycles. The van der Waals surface area contributed by atoms with Crippen LogP contribution in [0.3, 0.4) is 0 Å². The van der Waals surface area contributed by atoms with Gasteiger partial charge in [0.2, 0.25) is 5.91 Å². The third kappa shape index (κ3) is 7.94. The van der Waals surface area contributed by atoms with Crippen molar-refractivity contribution in [2.75, 3.05) is 31.5 Å². The number of hydrogen-bond acceptors (Lipinski definition) is 4. The highest BCUT2D eigenvalue weighted by molar-refractivity contribution is 5.90. The maximum atomic E-state index is 13.7. The zero-order valence-electron chi connectivity index (χ0n) is 18.9. The summed E-state index contributed by atoms with van der Waals surface area (Å²) in [7, 11) is 0. The van der Waals surface area contributed by atoms with Crippen molar-refractivity contribution in [1.82, 2.24) is 9.80 Å². The Labute approximate surface area is 179 Å². The van der Waals surface area contributed by atoms with E-state index in [1.54, 1.807) is 23.1 Å². The number of carbonyl (C=O) groups is 2. The van der Waals surface area contributed by atoms with Crippen molar-refractivity contribution in [3.63, 3.8) is 0 Å². The molecule has 0 saturated carbocycles. The van der Waals surface area contributed by atoms with Crippen LogP contribution in [0, 0.1) is 11.7 Å². The van der Waals surface area contributed by atoms with Crippen molar-refractivity contribution in [1.29, 1.82) is 0 Å². The van der Waals surface area contributed by atoms with Crippen LogP contribution in [0.1, 0.15) is 53.9 Å². The van der Waals surface area contributed by atoms with E-state index in [-0.39, 0.29) is 23.7 Å². The minimum Gasteiger partial charge on any atom is -0.444 e. The number of para-hydroxylation sites is 1. The topological polar surface area (TPSA) is 61.9 Å². The summed E-state index contributed by atoms with van der Waals surface area (Å²) >= 11 is 0. The second-order valence-corrected chi connectivity index (χ2v) is 9.31. The molecule has 1 unspecified atom stereocenters. The number of nitrogens with one attached hydrogen (secondary N) is 1. The molecule has 0 radical (unpaired) electrons. The van der Waals surface area contributed by atoms with Crippen molar-refractivity contribution in [3.05, 3.63) is 30.1 Å². The minimum atomic E-state index is -0.519. The highest BCUT2D eigenvalue weighted by Gasteiger charge is 2.29. The van der Waals surface area contributed by atoms with E-state index >= 15 is 0 Å². The van der Waals surface area contributed by atoms with Gasteiger partial charge in [-0.2, -0.15) is 0 Å². The molecule has 1 aliphatic heterocycles. The Bertz CT molecular complexity index is 718. The van der Waals surface area contributed by atoms with Gasteiger partial charge in [-0.3, -0.25) is 4.79 Å². The summed E-state index contributed by atoms with van der Waals surface area (Å²) < 4.78 is 19.2. The number of carbonyl (C=O) groups excluding carboxylic acids is 2. The maximum absolute atomic E-state index is 13.7. The Morgan fingerprint density at radius 1 is 1.30 bits per heavy atom. The van der Waals surface area contributed by atoms with E-state index in [9.17, 15) is 14.0 Å². The molecule has 1 aliphatic rings. The number of benzene rings is 1. The number of likely N-dealkylation sites (tertiary alicyclic amines) is 1. The maximum Gasteiger partial charge on any atom is 0.410 e. The van der Waals surface area contributed by atoms with E-state index in [1.807, 2.05) is 34.6 Å². The fourth-order valence-corrected chi connectivity index (χ4v) is 3.63. The summed E-state index contributed by atoms with van der Waals surface area (Å²) in [5, 5.41) is 2.63. The van der Waals surface area contributed by atoms with E-state index in [0.717, 1.165) is 25.9 Å². The van der Waals surface area contributed by atoms with Gasteiger partial charge in [-0.15, -0.1) is 0 Å². The first kappa shape index (κ1) is 24.1. The summed E-state index contributed by atoms with van der Waals surface area (Å²) in [5.41, 5.74) is -0.307. The molecular formula is C23H36FN3O3. The lowest BCUT2D eigenvalue weighted by atomic mass is 9.97. The Morgan fingerprint density at radius 3 is 2.63 bits per heavy atom. The number of ether oxygens (including phenoxy) is 1. The van der Waals surface area contributed by atoms with Gasteiger partial charge in [0.25, 0.3) is 0 Å². The largest absolute Gasteiger partial charge is 0.444 e. The number of piperidine rings is 1. The van der Waals surface area contributed by atoms with Crippen LogP contribution in [0.2, 0.25) is 0 Å². The average molecular weight is 422 g/mol. The van der Waals surface area contributed by atoms with Gasteiger partial charge in [0, 0.05) is 32.1 Å². The molecule has 30 heavy (non-hydrogen) atoms. The fraction of sp³-hybridized carbons (Fsp3) is 0.652. The fourth-order valence-electron chi connectivity index (χ4n) is 3.63. The molecule has 0 bridgehead atoms. The quantitative estimate of drug-likeness (QED) is 0.704. The SMILES string of the molecule is CC(C)N(CC1CCCN(CCC(=O)Nc2ccccc2F)C1)C(=O)OC(C)(C)C. The molecule has 7 heteroatoms. The highest BCUT2D eigenvalue weighted by Crippen LogP contribution is 2.21.